The maximum atomic E-state index is 12.6. The van der Waals surface area contributed by atoms with Crippen molar-refractivity contribution in [3.63, 3.8) is 0 Å². The summed E-state index contributed by atoms with van der Waals surface area (Å²) in [5, 5.41) is 3.14. The summed E-state index contributed by atoms with van der Waals surface area (Å²) < 4.78 is 0. The Hall–Kier alpha value is -0.750. The van der Waals surface area contributed by atoms with E-state index in [1.165, 1.54) is 12.8 Å². The largest absolute Gasteiger partial charge is 0.340 e. The van der Waals surface area contributed by atoms with Crippen molar-refractivity contribution in [2.45, 2.75) is 50.8 Å². The van der Waals surface area contributed by atoms with Crippen LogP contribution in [0.3, 0.4) is 0 Å². The van der Waals surface area contributed by atoms with Gasteiger partial charge in [-0.3, -0.25) is 9.59 Å². The van der Waals surface area contributed by atoms with Crippen LogP contribution in [0.2, 0.25) is 0 Å². The van der Waals surface area contributed by atoms with Gasteiger partial charge in [-0.25, -0.2) is 0 Å². The summed E-state index contributed by atoms with van der Waals surface area (Å²) in [4.78, 5) is 28.6. The van der Waals surface area contributed by atoms with Gasteiger partial charge in [-0.15, -0.1) is 11.8 Å². The van der Waals surface area contributed by atoms with E-state index in [1.54, 1.807) is 11.8 Å². The van der Waals surface area contributed by atoms with Gasteiger partial charge in [0, 0.05) is 32.2 Å². The molecule has 0 saturated carbocycles. The Labute approximate surface area is 138 Å². The number of piperazine rings is 1. The summed E-state index contributed by atoms with van der Waals surface area (Å²) in [6.45, 7) is 7.81. The van der Waals surface area contributed by atoms with Crippen molar-refractivity contribution in [3.8, 4) is 0 Å². The second-order valence-electron chi connectivity index (χ2n) is 6.21. The van der Waals surface area contributed by atoms with Crippen LogP contribution in [-0.2, 0) is 9.59 Å². The van der Waals surface area contributed by atoms with Gasteiger partial charge in [0.15, 0.2) is 0 Å². The first-order valence-electron chi connectivity index (χ1n) is 8.54. The Morgan fingerprint density at radius 3 is 3.00 bits per heavy atom. The van der Waals surface area contributed by atoms with Crippen LogP contribution in [0.5, 0.6) is 0 Å². The van der Waals surface area contributed by atoms with Gasteiger partial charge in [0.1, 0.15) is 0 Å². The first-order valence-corrected chi connectivity index (χ1v) is 9.59. The fourth-order valence-electron chi connectivity index (χ4n) is 3.15. The predicted molar refractivity (Wildman–Crippen MR) is 91.0 cm³/mol. The monoisotopic (exact) mass is 327 g/mol. The lowest BCUT2D eigenvalue weighted by atomic mass is 10.0. The number of thioether (sulfide) groups is 1. The molecule has 6 heteroatoms. The summed E-state index contributed by atoms with van der Waals surface area (Å²) in [6.07, 6.45) is 4.36. The number of carbonyl (C=O) groups excluding carboxylic acids is 2. The summed E-state index contributed by atoms with van der Waals surface area (Å²) in [7, 11) is 0. The van der Waals surface area contributed by atoms with E-state index in [4.69, 9.17) is 0 Å². The zero-order chi connectivity index (χ0) is 15.9. The number of nitrogens with zero attached hydrogens (tertiary/aromatic N) is 2. The second-order valence-corrected chi connectivity index (χ2v) is 7.66. The van der Waals surface area contributed by atoms with Crippen LogP contribution in [0.15, 0.2) is 0 Å². The number of amides is 2. The molecule has 22 heavy (non-hydrogen) atoms. The maximum Gasteiger partial charge on any atom is 0.236 e. The van der Waals surface area contributed by atoms with Crippen molar-refractivity contribution in [1.29, 1.82) is 0 Å². The number of hydrogen-bond acceptors (Lipinski definition) is 4. The molecule has 1 N–H and O–H groups in total. The van der Waals surface area contributed by atoms with E-state index in [0.717, 1.165) is 38.2 Å². The topological polar surface area (TPSA) is 52.7 Å². The molecule has 2 unspecified atom stereocenters. The third kappa shape index (κ3) is 4.62. The van der Waals surface area contributed by atoms with E-state index >= 15 is 0 Å². The van der Waals surface area contributed by atoms with Crippen molar-refractivity contribution in [3.05, 3.63) is 0 Å². The van der Waals surface area contributed by atoms with Crippen molar-refractivity contribution in [1.82, 2.24) is 15.1 Å². The lowest BCUT2D eigenvalue weighted by Gasteiger charge is -2.41. The molecule has 2 rings (SSSR count). The summed E-state index contributed by atoms with van der Waals surface area (Å²) in [6, 6.07) is 0.208. The van der Waals surface area contributed by atoms with Crippen molar-refractivity contribution in [2.24, 2.45) is 0 Å². The number of hydrogen-bond donors (Lipinski definition) is 1. The van der Waals surface area contributed by atoms with E-state index in [9.17, 15) is 9.59 Å². The molecule has 2 aliphatic rings. The van der Waals surface area contributed by atoms with Crippen LogP contribution >= 0.6 is 11.8 Å². The number of rotatable bonds is 6. The van der Waals surface area contributed by atoms with Gasteiger partial charge < -0.3 is 15.1 Å². The van der Waals surface area contributed by atoms with Crippen LogP contribution < -0.4 is 5.32 Å². The van der Waals surface area contributed by atoms with E-state index in [-0.39, 0.29) is 23.1 Å². The predicted octanol–water partition coefficient (Wildman–Crippen LogP) is 1.33. The first kappa shape index (κ1) is 17.6. The zero-order valence-corrected chi connectivity index (χ0v) is 14.7. The van der Waals surface area contributed by atoms with Crippen LogP contribution in [0.25, 0.3) is 0 Å². The average molecular weight is 327 g/mol. The van der Waals surface area contributed by atoms with Gasteiger partial charge >= 0.3 is 0 Å². The molecular weight excluding hydrogens is 298 g/mol. The fraction of sp³-hybridized carbons (Fsp3) is 0.875. The maximum absolute atomic E-state index is 12.6. The minimum absolute atomic E-state index is 0.0315. The Bertz CT molecular complexity index is 392. The van der Waals surface area contributed by atoms with Gasteiger partial charge in [0.25, 0.3) is 0 Å². The van der Waals surface area contributed by atoms with Gasteiger partial charge in [-0.2, -0.15) is 0 Å². The minimum atomic E-state index is 0.0315. The van der Waals surface area contributed by atoms with Gasteiger partial charge in [-0.05, 0) is 31.9 Å². The lowest BCUT2D eigenvalue weighted by Crippen LogP contribution is -2.58. The van der Waals surface area contributed by atoms with Crippen LogP contribution in [0.4, 0.5) is 0 Å². The molecule has 0 aromatic heterocycles. The third-order valence-corrected chi connectivity index (χ3v) is 5.71. The molecule has 0 aromatic carbocycles. The number of likely N-dealkylation sites (tertiary alicyclic amines) is 1. The molecule has 2 amide bonds. The lowest BCUT2D eigenvalue weighted by molar-refractivity contribution is -0.140. The SMILES string of the molecule is CCCCSC(C)C(=O)N1CCCC(N2CCNCC2=O)C1. The summed E-state index contributed by atoms with van der Waals surface area (Å²) in [5.41, 5.74) is 0. The summed E-state index contributed by atoms with van der Waals surface area (Å²) in [5.74, 6) is 1.47. The Morgan fingerprint density at radius 2 is 2.27 bits per heavy atom. The molecule has 2 heterocycles. The highest BCUT2D eigenvalue weighted by Gasteiger charge is 2.32. The smallest absolute Gasteiger partial charge is 0.236 e. The third-order valence-electron chi connectivity index (χ3n) is 4.49. The normalized spacial score (nSPS) is 24.5. The highest BCUT2D eigenvalue weighted by Crippen LogP contribution is 2.21. The van der Waals surface area contributed by atoms with E-state index in [2.05, 4.69) is 12.2 Å². The molecule has 2 fully saturated rings. The molecule has 2 atom stereocenters. The van der Waals surface area contributed by atoms with Gasteiger partial charge in [0.2, 0.25) is 11.8 Å². The Morgan fingerprint density at radius 1 is 1.45 bits per heavy atom. The molecule has 126 valence electrons. The molecule has 0 aliphatic carbocycles. The second kappa shape index (κ2) is 8.77. The van der Waals surface area contributed by atoms with Crippen molar-refractivity contribution < 1.29 is 9.59 Å². The van der Waals surface area contributed by atoms with Crippen molar-refractivity contribution in [2.75, 3.05) is 38.5 Å². The molecule has 2 aliphatic heterocycles. The van der Waals surface area contributed by atoms with Gasteiger partial charge in [0.05, 0.1) is 11.8 Å². The van der Waals surface area contributed by atoms with Crippen molar-refractivity contribution >= 4 is 23.6 Å². The highest BCUT2D eigenvalue weighted by atomic mass is 32.2. The van der Waals surface area contributed by atoms with E-state index in [0.29, 0.717) is 13.1 Å². The molecule has 5 nitrogen and oxygen atoms in total. The standard InChI is InChI=1S/C16H29N3O2S/c1-3-4-10-22-13(2)16(21)18-8-5-6-14(12-18)19-9-7-17-11-15(19)20/h13-14,17H,3-12H2,1-2H3. The van der Waals surface area contributed by atoms with Gasteiger partial charge in [-0.1, -0.05) is 13.3 Å². The Balaban J connectivity index is 1.86. The molecule has 2 saturated heterocycles. The van der Waals surface area contributed by atoms with Crippen LogP contribution in [0.1, 0.15) is 39.5 Å². The number of unbranched alkanes of at least 4 members (excludes halogenated alkanes) is 1. The zero-order valence-electron chi connectivity index (χ0n) is 13.8. The van der Waals surface area contributed by atoms with Crippen LogP contribution in [-0.4, -0.2) is 71.4 Å². The first-order chi connectivity index (χ1) is 10.6. The highest BCUT2D eigenvalue weighted by molar-refractivity contribution is 8.00. The molecular formula is C16H29N3O2S. The number of piperidine rings is 1. The Kier molecular flexibility index (Phi) is 7.02. The van der Waals surface area contributed by atoms with E-state index < -0.39 is 0 Å². The quantitative estimate of drug-likeness (QED) is 0.748. The van der Waals surface area contributed by atoms with Crippen LogP contribution in [0, 0.1) is 0 Å². The molecule has 0 spiro atoms. The summed E-state index contributed by atoms with van der Waals surface area (Å²) >= 11 is 1.76. The van der Waals surface area contributed by atoms with E-state index in [1.807, 2.05) is 16.7 Å². The molecule has 0 bridgehead atoms. The molecule has 0 aromatic rings. The number of carbonyl (C=O) groups is 2. The minimum Gasteiger partial charge on any atom is -0.340 e. The average Bonchev–Trinajstić information content (AvgIpc) is 2.55. The fourth-order valence-corrected chi connectivity index (χ4v) is 4.25. The molecule has 0 radical (unpaired) electrons. The number of nitrogens with one attached hydrogen (secondary N) is 1.